The summed E-state index contributed by atoms with van der Waals surface area (Å²) in [5, 5.41) is 0. The van der Waals surface area contributed by atoms with Crippen molar-refractivity contribution < 1.29 is 4.74 Å². The van der Waals surface area contributed by atoms with Crippen LogP contribution in [0.2, 0.25) is 0 Å². The molecule has 0 saturated heterocycles. The fourth-order valence-corrected chi connectivity index (χ4v) is 3.40. The molecule has 0 spiro atoms. The van der Waals surface area contributed by atoms with Crippen LogP contribution in [-0.2, 0) is 6.42 Å². The van der Waals surface area contributed by atoms with Crippen LogP contribution < -0.4 is 10.5 Å². The highest BCUT2D eigenvalue weighted by molar-refractivity contribution is 5.68. The third-order valence-electron chi connectivity index (χ3n) is 4.56. The lowest BCUT2D eigenvalue weighted by Gasteiger charge is -2.22. The van der Waals surface area contributed by atoms with Crippen LogP contribution in [0.25, 0.3) is 11.3 Å². The van der Waals surface area contributed by atoms with Crippen LogP contribution in [-0.4, -0.2) is 12.1 Å². The van der Waals surface area contributed by atoms with Gasteiger partial charge >= 0.3 is 0 Å². The smallest absolute Gasteiger partial charge is 0.128 e. The number of ether oxygens (including phenoxy) is 1. The SMILES string of the molecule is COc1cc(CC2CCCCC2)ccc1-c1cccc(N)n1. The Bertz CT molecular complexity index is 633. The van der Waals surface area contributed by atoms with E-state index < -0.39 is 0 Å². The molecule has 0 amide bonds. The molecule has 1 saturated carbocycles. The van der Waals surface area contributed by atoms with Crippen molar-refractivity contribution in [2.24, 2.45) is 5.92 Å². The van der Waals surface area contributed by atoms with Gasteiger partial charge in [-0.1, -0.05) is 44.2 Å². The van der Waals surface area contributed by atoms with Gasteiger partial charge in [-0.3, -0.25) is 0 Å². The van der Waals surface area contributed by atoms with E-state index in [1.165, 1.54) is 37.7 Å². The summed E-state index contributed by atoms with van der Waals surface area (Å²) in [5.41, 5.74) is 9.01. The lowest BCUT2D eigenvalue weighted by Crippen LogP contribution is -2.09. The molecule has 1 aliphatic carbocycles. The molecule has 2 aromatic rings. The average Bonchev–Trinajstić information content (AvgIpc) is 2.55. The summed E-state index contributed by atoms with van der Waals surface area (Å²) < 4.78 is 5.59. The van der Waals surface area contributed by atoms with E-state index in [4.69, 9.17) is 10.5 Å². The minimum atomic E-state index is 0.533. The highest BCUT2D eigenvalue weighted by atomic mass is 16.5. The number of pyridine rings is 1. The van der Waals surface area contributed by atoms with Crippen LogP contribution in [0.5, 0.6) is 5.75 Å². The van der Waals surface area contributed by atoms with Crippen molar-refractivity contribution in [3.63, 3.8) is 0 Å². The minimum absolute atomic E-state index is 0.533. The number of aromatic nitrogens is 1. The summed E-state index contributed by atoms with van der Waals surface area (Å²) in [5.74, 6) is 2.24. The number of anilines is 1. The molecule has 1 fully saturated rings. The van der Waals surface area contributed by atoms with Crippen molar-refractivity contribution in [1.29, 1.82) is 0 Å². The zero-order valence-corrected chi connectivity index (χ0v) is 13.2. The van der Waals surface area contributed by atoms with Gasteiger partial charge in [0.2, 0.25) is 0 Å². The Morgan fingerprint density at radius 3 is 2.68 bits per heavy atom. The number of benzene rings is 1. The maximum atomic E-state index is 5.79. The molecule has 1 aliphatic rings. The van der Waals surface area contributed by atoms with E-state index in [0.29, 0.717) is 5.82 Å². The van der Waals surface area contributed by atoms with Gasteiger partial charge in [0.15, 0.2) is 0 Å². The number of hydrogen-bond acceptors (Lipinski definition) is 3. The monoisotopic (exact) mass is 296 g/mol. The minimum Gasteiger partial charge on any atom is -0.496 e. The van der Waals surface area contributed by atoms with Crippen LogP contribution in [0.15, 0.2) is 36.4 Å². The topological polar surface area (TPSA) is 48.1 Å². The normalized spacial score (nSPS) is 15.7. The maximum absolute atomic E-state index is 5.79. The molecular weight excluding hydrogens is 272 g/mol. The van der Waals surface area contributed by atoms with Gasteiger partial charge in [0.25, 0.3) is 0 Å². The molecule has 2 N–H and O–H groups in total. The number of nitrogens with two attached hydrogens (primary N) is 1. The molecule has 3 nitrogen and oxygen atoms in total. The quantitative estimate of drug-likeness (QED) is 0.906. The number of methoxy groups -OCH3 is 1. The molecule has 1 heterocycles. The van der Waals surface area contributed by atoms with Crippen LogP contribution >= 0.6 is 0 Å². The molecule has 0 radical (unpaired) electrons. The molecule has 0 aliphatic heterocycles. The zero-order chi connectivity index (χ0) is 15.4. The molecule has 116 valence electrons. The first-order valence-electron chi connectivity index (χ1n) is 8.16. The van der Waals surface area contributed by atoms with Crippen LogP contribution in [0.1, 0.15) is 37.7 Å². The molecule has 1 aromatic carbocycles. The lowest BCUT2D eigenvalue weighted by atomic mass is 9.84. The van der Waals surface area contributed by atoms with E-state index in [1.807, 2.05) is 12.1 Å². The Balaban J connectivity index is 1.84. The summed E-state index contributed by atoms with van der Waals surface area (Å²) in [6.07, 6.45) is 8.04. The summed E-state index contributed by atoms with van der Waals surface area (Å²) in [6, 6.07) is 12.2. The van der Waals surface area contributed by atoms with Crippen molar-refractivity contribution in [3.8, 4) is 17.0 Å². The van der Waals surface area contributed by atoms with Gasteiger partial charge in [-0.05, 0) is 42.2 Å². The van der Waals surface area contributed by atoms with Gasteiger partial charge in [0, 0.05) is 5.56 Å². The molecular formula is C19H24N2O. The van der Waals surface area contributed by atoms with Gasteiger partial charge in [-0.15, -0.1) is 0 Å². The Hall–Kier alpha value is -2.03. The Morgan fingerprint density at radius 1 is 1.14 bits per heavy atom. The first-order valence-corrected chi connectivity index (χ1v) is 8.16. The predicted octanol–water partition coefficient (Wildman–Crippen LogP) is 4.46. The van der Waals surface area contributed by atoms with E-state index in [2.05, 4.69) is 23.2 Å². The number of nitrogens with zero attached hydrogens (tertiary/aromatic N) is 1. The van der Waals surface area contributed by atoms with Gasteiger partial charge in [-0.2, -0.15) is 0 Å². The maximum Gasteiger partial charge on any atom is 0.128 e. The van der Waals surface area contributed by atoms with E-state index in [0.717, 1.165) is 29.3 Å². The highest BCUT2D eigenvalue weighted by Crippen LogP contribution is 2.32. The van der Waals surface area contributed by atoms with E-state index >= 15 is 0 Å². The van der Waals surface area contributed by atoms with Crippen molar-refractivity contribution in [3.05, 3.63) is 42.0 Å². The summed E-state index contributed by atoms with van der Waals surface area (Å²) in [6.45, 7) is 0. The summed E-state index contributed by atoms with van der Waals surface area (Å²) >= 11 is 0. The van der Waals surface area contributed by atoms with Gasteiger partial charge in [-0.25, -0.2) is 4.98 Å². The van der Waals surface area contributed by atoms with Gasteiger partial charge in [0.05, 0.1) is 12.8 Å². The van der Waals surface area contributed by atoms with Gasteiger partial charge < -0.3 is 10.5 Å². The van der Waals surface area contributed by atoms with Crippen molar-refractivity contribution in [2.45, 2.75) is 38.5 Å². The van der Waals surface area contributed by atoms with E-state index in [9.17, 15) is 0 Å². The average molecular weight is 296 g/mol. The molecule has 3 rings (SSSR count). The van der Waals surface area contributed by atoms with E-state index in [-0.39, 0.29) is 0 Å². The van der Waals surface area contributed by atoms with Crippen molar-refractivity contribution >= 4 is 5.82 Å². The molecule has 0 unspecified atom stereocenters. The summed E-state index contributed by atoms with van der Waals surface area (Å²) in [4.78, 5) is 4.40. The second kappa shape index (κ2) is 6.82. The number of rotatable bonds is 4. The molecule has 1 aromatic heterocycles. The number of nitrogen functional groups attached to an aromatic ring is 1. The highest BCUT2D eigenvalue weighted by Gasteiger charge is 2.15. The van der Waals surface area contributed by atoms with Crippen LogP contribution in [0.4, 0.5) is 5.82 Å². The first-order chi connectivity index (χ1) is 10.8. The number of hydrogen-bond donors (Lipinski definition) is 1. The fourth-order valence-electron chi connectivity index (χ4n) is 3.40. The largest absolute Gasteiger partial charge is 0.496 e. The predicted molar refractivity (Wildman–Crippen MR) is 90.9 cm³/mol. The standard InChI is InChI=1S/C19H24N2O/c1-22-18-13-15(12-14-6-3-2-4-7-14)10-11-16(18)17-8-5-9-19(20)21-17/h5,8-11,13-14H,2-4,6-7,12H2,1H3,(H2,20,21). The first kappa shape index (κ1) is 14.9. The van der Waals surface area contributed by atoms with Crippen molar-refractivity contribution in [1.82, 2.24) is 4.98 Å². The van der Waals surface area contributed by atoms with E-state index in [1.54, 1.807) is 13.2 Å². The fraction of sp³-hybridized carbons (Fsp3) is 0.421. The molecule has 3 heteroatoms. The summed E-state index contributed by atoms with van der Waals surface area (Å²) in [7, 11) is 1.72. The zero-order valence-electron chi connectivity index (χ0n) is 13.2. The third-order valence-corrected chi connectivity index (χ3v) is 4.56. The Labute approximate surface area is 132 Å². The van der Waals surface area contributed by atoms with Crippen LogP contribution in [0, 0.1) is 5.92 Å². The Morgan fingerprint density at radius 2 is 1.95 bits per heavy atom. The third kappa shape index (κ3) is 3.41. The lowest BCUT2D eigenvalue weighted by molar-refractivity contribution is 0.356. The van der Waals surface area contributed by atoms with Crippen molar-refractivity contribution in [2.75, 3.05) is 12.8 Å². The Kier molecular flexibility index (Phi) is 4.62. The molecule has 0 bridgehead atoms. The second-order valence-corrected chi connectivity index (χ2v) is 6.19. The molecule has 0 atom stereocenters. The second-order valence-electron chi connectivity index (χ2n) is 6.19. The van der Waals surface area contributed by atoms with Crippen LogP contribution in [0.3, 0.4) is 0 Å². The molecule has 22 heavy (non-hydrogen) atoms. The van der Waals surface area contributed by atoms with Gasteiger partial charge in [0.1, 0.15) is 11.6 Å².